The van der Waals surface area contributed by atoms with Gasteiger partial charge < -0.3 is 11.5 Å². The Morgan fingerprint density at radius 3 is 2.57 bits per heavy atom. The first-order valence-electron chi connectivity index (χ1n) is 6.98. The van der Waals surface area contributed by atoms with Crippen LogP contribution in [0.1, 0.15) is 40.4 Å². The average Bonchev–Trinajstić information content (AvgIpc) is 3.32. The molecule has 4 nitrogen and oxygen atoms in total. The molecule has 23 heavy (non-hydrogen) atoms. The predicted octanol–water partition coefficient (Wildman–Crippen LogP) is 3.52. The van der Waals surface area contributed by atoms with Gasteiger partial charge in [0.15, 0.2) is 5.78 Å². The number of benzene rings is 1. The molecule has 1 heterocycles. The third kappa shape index (κ3) is 3.47. The molecular weight excluding hydrogens is 340 g/mol. The highest BCUT2D eigenvalue weighted by Crippen LogP contribution is 2.41. The van der Waals surface area contributed by atoms with Crippen molar-refractivity contribution in [3.8, 4) is 0 Å². The van der Waals surface area contributed by atoms with E-state index in [0.717, 1.165) is 12.8 Å². The van der Waals surface area contributed by atoms with Crippen LogP contribution in [0.3, 0.4) is 0 Å². The van der Waals surface area contributed by atoms with E-state index in [1.807, 2.05) is 0 Å². The summed E-state index contributed by atoms with van der Waals surface area (Å²) < 4.78 is 14.8. The average molecular weight is 356 g/mol. The van der Waals surface area contributed by atoms with Gasteiger partial charge in [0.2, 0.25) is 0 Å². The Hall–Kier alpha value is -1.69. The van der Waals surface area contributed by atoms with Gasteiger partial charge in [0, 0.05) is 23.4 Å². The molecule has 1 atom stereocenters. The molecule has 0 spiro atoms. The van der Waals surface area contributed by atoms with E-state index < -0.39 is 17.6 Å². The van der Waals surface area contributed by atoms with Gasteiger partial charge in [-0.1, -0.05) is 17.7 Å². The number of hydrogen-bond acceptors (Lipinski definition) is 4. The molecule has 0 aliphatic heterocycles. The summed E-state index contributed by atoms with van der Waals surface area (Å²) in [5.74, 6) is -0.613. The summed E-state index contributed by atoms with van der Waals surface area (Å²) >= 11 is 6.03. The quantitative estimate of drug-likeness (QED) is 0.822. The van der Waals surface area contributed by atoms with E-state index in [1.54, 1.807) is 6.07 Å². The zero-order chi connectivity index (χ0) is 15.9. The number of rotatable bonds is 4. The molecule has 4 N–H and O–H groups in total. The maximum absolute atomic E-state index is 14.8. The number of nitrogens with zero attached hydrogens (tertiary/aromatic N) is 1. The third-order valence-electron chi connectivity index (χ3n) is 3.89. The zero-order valence-corrected chi connectivity index (χ0v) is 13.7. The van der Waals surface area contributed by atoms with E-state index in [2.05, 4.69) is 4.98 Å². The summed E-state index contributed by atoms with van der Waals surface area (Å²) in [6, 6.07) is 5.64. The van der Waals surface area contributed by atoms with Crippen molar-refractivity contribution in [1.82, 2.24) is 4.98 Å². The van der Waals surface area contributed by atoms with Crippen molar-refractivity contribution >= 4 is 35.6 Å². The number of carbonyl (C=O) groups is 1. The number of hydrogen-bond donors (Lipinski definition) is 2. The normalized spacial score (nSPS) is 14.9. The Morgan fingerprint density at radius 2 is 2.00 bits per heavy atom. The van der Waals surface area contributed by atoms with Crippen molar-refractivity contribution in [1.29, 1.82) is 0 Å². The summed E-state index contributed by atoms with van der Waals surface area (Å²) in [7, 11) is 0. The number of nitrogen functional groups attached to an aromatic ring is 1. The highest BCUT2D eigenvalue weighted by molar-refractivity contribution is 6.35. The number of halogens is 3. The van der Waals surface area contributed by atoms with Crippen LogP contribution >= 0.6 is 24.0 Å². The summed E-state index contributed by atoms with van der Waals surface area (Å²) in [5, 5.41) is 0.0612. The molecule has 0 bridgehead atoms. The van der Waals surface area contributed by atoms with Crippen molar-refractivity contribution in [2.75, 3.05) is 5.73 Å². The SMILES string of the molecule is Cl.Nc1ccc(C(=O)c2c(Cl)ccc(C(N)C3CC3)c2F)cn1. The first kappa shape index (κ1) is 17.7. The fraction of sp³-hybridized carbons (Fsp3) is 0.250. The molecule has 122 valence electrons. The Bertz CT molecular complexity index is 733. The Labute approximate surface area is 144 Å². The Balaban J connectivity index is 0.00000192. The maximum Gasteiger partial charge on any atom is 0.199 e. The highest BCUT2D eigenvalue weighted by Gasteiger charge is 2.33. The molecule has 0 amide bonds. The van der Waals surface area contributed by atoms with E-state index in [9.17, 15) is 9.18 Å². The highest BCUT2D eigenvalue weighted by atomic mass is 35.5. The lowest BCUT2D eigenvalue weighted by atomic mass is 9.96. The van der Waals surface area contributed by atoms with Crippen LogP contribution in [0.5, 0.6) is 0 Å². The first-order valence-corrected chi connectivity index (χ1v) is 7.36. The molecule has 1 aromatic carbocycles. The predicted molar refractivity (Wildman–Crippen MR) is 90.4 cm³/mol. The number of ketones is 1. The standard InChI is InChI=1S/C16H15ClFN3O.ClH/c17-11-5-4-10(15(20)8-1-2-8)14(18)13(11)16(22)9-3-6-12(19)21-7-9;/h3-8,15H,1-2,20H2,(H2,19,21);1H. The van der Waals surface area contributed by atoms with Gasteiger partial charge in [-0.2, -0.15) is 0 Å². The molecule has 1 unspecified atom stereocenters. The van der Waals surface area contributed by atoms with Crippen LogP contribution in [0.15, 0.2) is 30.5 Å². The Morgan fingerprint density at radius 1 is 1.30 bits per heavy atom. The second-order valence-corrected chi connectivity index (χ2v) is 5.90. The maximum atomic E-state index is 14.8. The van der Waals surface area contributed by atoms with Crippen molar-refractivity contribution in [3.05, 3.63) is 58.0 Å². The molecule has 1 aliphatic carbocycles. The fourth-order valence-electron chi connectivity index (χ4n) is 2.43. The van der Waals surface area contributed by atoms with E-state index >= 15 is 0 Å². The second kappa shape index (κ2) is 6.83. The van der Waals surface area contributed by atoms with Crippen LogP contribution in [0, 0.1) is 11.7 Å². The van der Waals surface area contributed by atoms with Crippen molar-refractivity contribution in [2.45, 2.75) is 18.9 Å². The molecule has 1 saturated carbocycles. The molecule has 2 aromatic rings. The van der Waals surface area contributed by atoms with Gasteiger partial charge in [0.05, 0.1) is 10.6 Å². The minimum Gasteiger partial charge on any atom is -0.384 e. The molecule has 7 heteroatoms. The van der Waals surface area contributed by atoms with Crippen molar-refractivity contribution in [3.63, 3.8) is 0 Å². The molecule has 3 rings (SSSR count). The summed E-state index contributed by atoms with van der Waals surface area (Å²) in [4.78, 5) is 16.4. The third-order valence-corrected chi connectivity index (χ3v) is 4.20. The fourth-order valence-corrected chi connectivity index (χ4v) is 2.66. The van der Waals surface area contributed by atoms with Gasteiger partial charge in [0.25, 0.3) is 0 Å². The second-order valence-electron chi connectivity index (χ2n) is 5.49. The van der Waals surface area contributed by atoms with Crippen molar-refractivity contribution in [2.24, 2.45) is 11.7 Å². The van der Waals surface area contributed by atoms with E-state index in [-0.39, 0.29) is 40.3 Å². The number of carbonyl (C=O) groups excluding carboxylic acids is 1. The van der Waals surface area contributed by atoms with E-state index in [4.69, 9.17) is 23.1 Å². The lowest BCUT2D eigenvalue weighted by Gasteiger charge is -2.15. The largest absolute Gasteiger partial charge is 0.384 e. The molecule has 1 aromatic heterocycles. The smallest absolute Gasteiger partial charge is 0.199 e. The number of anilines is 1. The Kier molecular flexibility index (Phi) is 5.24. The van der Waals surface area contributed by atoms with Gasteiger partial charge >= 0.3 is 0 Å². The van der Waals surface area contributed by atoms with Crippen LogP contribution in [0.25, 0.3) is 0 Å². The van der Waals surface area contributed by atoms with Crippen LogP contribution < -0.4 is 11.5 Å². The summed E-state index contributed by atoms with van der Waals surface area (Å²) in [6.07, 6.45) is 3.27. The van der Waals surface area contributed by atoms with Gasteiger partial charge in [-0.05, 0) is 37.0 Å². The summed E-state index contributed by atoms with van der Waals surface area (Å²) in [5.41, 5.74) is 11.9. The minimum atomic E-state index is -0.645. The van der Waals surface area contributed by atoms with Gasteiger partial charge in [-0.25, -0.2) is 9.37 Å². The minimum absolute atomic E-state index is 0. The number of nitrogens with two attached hydrogens (primary N) is 2. The van der Waals surface area contributed by atoms with Crippen LogP contribution in [-0.4, -0.2) is 10.8 Å². The number of aromatic nitrogens is 1. The lowest BCUT2D eigenvalue weighted by Crippen LogP contribution is -2.17. The molecular formula is C16H16Cl2FN3O. The topological polar surface area (TPSA) is 82.0 Å². The van der Waals surface area contributed by atoms with Gasteiger partial charge in [-0.15, -0.1) is 12.4 Å². The molecule has 0 radical (unpaired) electrons. The van der Waals surface area contributed by atoms with Crippen molar-refractivity contribution < 1.29 is 9.18 Å². The van der Waals surface area contributed by atoms with E-state index in [0.29, 0.717) is 5.56 Å². The van der Waals surface area contributed by atoms with Gasteiger partial charge in [-0.3, -0.25) is 4.79 Å². The first-order chi connectivity index (χ1) is 10.5. The van der Waals surface area contributed by atoms with Gasteiger partial charge in [0.1, 0.15) is 11.6 Å². The van der Waals surface area contributed by atoms with Crippen LogP contribution in [0.4, 0.5) is 10.2 Å². The molecule has 0 saturated heterocycles. The lowest BCUT2D eigenvalue weighted by molar-refractivity contribution is 0.103. The van der Waals surface area contributed by atoms with Crippen LogP contribution in [-0.2, 0) is 0 Å². The molecule has 1 fully saturated rings. The number of pyridine rings is 1. The molecule has 1 aliphatic rings. The zero-order valence-electron chi connectivity index (χ0n) is 12.1. The summed E-state index contributed by atoms with van der Waals surface area (Å²) in [6.45, 7) is 0. The van der Waals surface area contributed by atoms with E-state index in [1.165, 1.54) is 24.4 Å². The van der Waals surface area contributed by atoms with Crippen LogP contribution in [0.2, 0.25) is 5.02 Å². The monoisotopic (exact) mass is 355 g/mol.